The number of aryl methyl sites for hydroxylation is 2. The zero-order valence-corrected chi connectivity index (χ0v) is 27.4. The largest absolute Gasteiger partial charge is 0.542 e. The van der Waals surface area contributed by atoms with E-state index in [1.165, 1.54) is 39.6 Å². The zero-order chi connectivity index (χ0) is 35.5. The first kappa shape index (κ1) is 41.1. The van der Waals surface area contributed by atoms with Crippen LogP contribution in [0.1, 0.15) is 38.5 Å². The van der Waals surface area contributed by atoms with Crippen molar-refractivity contribution >= 4 is 68.3 Å². The molecule has 0 spiro atoms. The summed E-state index contributed by atoms with van der Waals surface area (Å²) in [7, 11) is 0. The van der Waals surface area contributed by atoms with Gasteiger partial charge >= 0.3 is 12.4 Å². The molecule has 0 saturated carbocycles. The third-order valence-electron chi connectivity index (χ3n) is 7.20. The van der Waals surface area contributed by atoms with Crippen molar-refractivity contribution in [1.82, 2.24) is 0 Å². The molecule has 0 unspecified atom stereocenters. The van der Waals surface area contributed by atoms with Crippen LogP contribution >= 0.6 is 23.2 Å². The van der Waals surface area contributed by atoms with Crippen LogP contribution in [0.25, 0.3) is 21.8 Å². The van der Waals surface area contributed by atoms with E-state index < -0.39 is 24.3 Å². The van der Waals surface area contributed by atoms with Crippen molar-refractivity contribution in [3.05, 3.63) is 71.0 Å². The van der Waals surface area contributed by atoms with Gasteiger partial charge in [-0.05, 0) is 49.9 Å². The van der Waals surface area contributed by atoms with Crippen LogP contribution in [-0.2, 0) is 22.7 Å². The Bertz CT molecular complexity index is 1600. The molecule has 9 nitrogen and oxygen atoms in total. The standard InChI is InChI=1S/C28H30Cl2N4.2C2HF3O2.H2O/c29-21-7-9-27-23(19-21)25-11-17-33(27)15-5-2-6-16-34-18-12-26(32-14-4-1-3-13-31-25)24-20-22(30)8-10-28(24)34;2*3-2(4,5)1(6)7;/h7-12,17-20H,1-6,13-16H2;2*(H,6,7);1H2. The monoisotopic (exact) mass is 738 g/mol. The maximum absolute atomic E-state index is 10.5. The van der Waals surface area contributed by atoms with Crippen LogP contribution in [0.15, 0.2) is 60.9 Å². The second-order valence-electron chi connectivity index (χ2n) is 10.7. The van der Waals surface area contributed by atoms with Crippen LogP contribution in [0.4, 0.5) is 37.7 Å². The first-order valence-electron chi connectivity index (χ1n) is 14.9. The Morgan fingerprint density at radius 3 is 1.31 bits per heavy atom. The van der Waals surface area contributed by atoms with E-state index in [1.54, 1.807) is 0 Å². The lowest BCUT2D eigenvalue weighted by atomic mass is 10.1. The summed E-state index contributed by atoms with van der Waals surface area (Å²) in [5.41, 5.74) is 4.81. The Kier molecular flexibility index (Phi) is 15.6. The topological polar surface area (TPSA) is 144 Å². The summed E-state index contributed by atoms with van der Waals surface area (Å²) in [4.78, 5) is 17.6. The van der Waals surface area contributed by atoms with Gasteiger partial charge in [0.1, 0.15) is 25.0 Å². The Balaban J connectivity index is 0.000000470. The summed E-state index contributed by atoms with van der Waals surface area (Å²) in [5, 5.41) is 28.8. The fraction of sp³-hybridized carbons (Fsp3) is 0.375. The smallest absolute Gasteiger partial charge is 0.430 e. The number of carbonyl (C=O) groups excluding carboxylic acids is 2. The van der Waals surface area contributed by atoms with Crippen LogP contribution in [0.5, 0.6) is 0 Å². The number of pyridine rings is 2. The first-order valence-corrected chi connectivity index (χ1v) is 15.6. The Morgan fingerprint density at radius 2 is 0.959 bits per heavy atom. The summed E-state index contributed by atoms with van der Waals surface area (Å²) in [6.07, 6.45) is 0.899. The van der Waals surface area contributed by atoms with Crippen molar-refractivity contribution in [3.8, 4) is 0 Å². The lowest BCUT2D eigenvalue weighted by Crippen LogP contribution is -2.37. The van der Waals surface area contributed by atoms with E-state index in [2.05, 4.69) is 68.6 Å². The SMILES string of the molecule is Clc1ccc2c(c1)c1cc[n+]2CCCCC[n+]2ccc(c3cc(Cl)ccc32)NCCCCCN1.O.O=C([O-])C(F)(F)F.O=C([O-])C(F)(F)F. The van der Waals surface area contributed by atoms with E-state index in [0.717, 1.165) is 68.3 Å². The van der Waals surface area contributed by atoms with Crippen molar-refractivity contribution in [2.45, 2.75) is 64.0 Å². The fourth-order valence-electron chi connectivity index (χ4n) is 4.93. The molecule has 6 rings (SSSR count). The number of carboxylic acids is 2. The summed E-state index contributed by atoms with van der Waals surface area (Å²) in [6, 6.07) is 16.9. The number of hydrogen-bond acceptors (Lipinski definition) is 6. The van der Waals surface area contributed by atoms with Crippen LogP contribution in [-0.4, -0.2) is 42.9 Å². The maximum Gasteiger partial charge on any atom is 0.430 e. The van der Waals surface area contributed by atoms with Crippen molar-refractivity contribution in [1.29, 1.82) is 0 Å². The van der Waals surface area contributed by atoms with Gasteiger partial charge in [0.25, 0.3) is 0 Å². The van der Waals surface area contributed by atoms with E-state index >= 15 is 0 Å². The number of alkyl halides is 6. The molecule has 2 aliphatic heterocycles. The number of hydrogen-bond donors (Lipinski definition) is 2. The number of fused-ring (bicyclic) bond motifs is 12. The molecular formula is C32H34Cl2F6N4O5. The van der Waals surface area contributed by atoms with E-state index in [4.69, 9.17) is 43.0 Å². The molecule has 49 heavy (non-hydrogen) atoms. The highest BCUT2D eigenvalue weighted by molar-refractivity contribution is 6.31. The minimum absolute atomic E-state index is 0. The average molecular weight is 740 g/mol. The molecule has 4 bridgehead atoms. The number of halogens is 8. The van der Waals surface area contributed by atoms with Crippen molar-refractivity contribution < 1.29 is 60.8 Å². The van der Waals surface area contributed by atoms with Gasteiger partial charge in [0.05, 0.1) is 22.1 Å². The minimum Gasteiger partial charge on any atom is -0.542 e. The maximum atomic E-state index is 10.5. The van der Waals surface area contributed by atoms with Gasteiger partial charge in [0.15, 0.2) is 12.4 Å². The van der Waals surface area contributed by atoms with Gasteiger partial charge in [-0.2, -0.15) is 35.5 Å². The molecule has 4 heterocycles. The van der Waals surface area contributed by atoms with Crippen molar-refractivity contribution in [3.63, 3.8) is 0 Å². The van der Waals surface area contributed by atoms with Crippen LogP contribution in [0, 0.1) is 0 Å². The predicted molar refractivity (Wildman–Crippen MR) is 169 cm³/mol. The number of aromatic nitrogens is 2. The molecule has 2 aliphatic rings. The molecule has 0 saturated heterocycles. The Morgan fingerprint density at radius 1 is 0.612 bits per heavy atom. The molecule has 0 atom stereocenters. The number of nitrogens with one attached hydrogen (secondary N) is 2. The molecule has 17 heteroatoms. The number of nitrogens with zero attached hydrogens (tertiary/aromatic N) is 2. The number of benzene rings is 2. The van der Waals surface area contributed by atoms with Gasteiger partial charge in [0.2, 0.25) is 11.0 Å². The van der Waals surface area contributed by atoms with E-state index in [0.29, 0.717) is 0 Å². The summed E-state index contributed by atoms with van der Waals surface area (Å²) in [5.74, 6) is -6.01. The Labute approximate surface area is 287 Å². The second kappa shape index (κ2) is 18.6. The van der Waals surface area contributed by atoms with Gasteiger partial charge in [-0.15, -0.1) is 0 Å². The molecule has 0 fully saturated rings. The molecule has 2 aromatic carbocycles. The number of rotatable bonds is 0. The molecule has 4 aromatic rings. The third kappa shape index (κ3) is 12.7. The van der Waals surface area contributed by atoms with E-state index in [9.17, 15) is 26.3 Å². The third-order valence-corrected chi connectivity index (χ3v) is 7.67. The van der Waals surface area contributed by atoms with Gasteiger partial charge < -0.3 is 35.9 Å². The fourth-order valence-corrected chi connectivity index (χ4v) is 5.27. The predicted octanol–water partition coefficient (Wildman–Crippen LogP) is 4.53. The molecule has 0 amide bonds. The normalized spacial score (nSPS) is 14.2. The zero-order valence-electron chi connectivity index (χ0n) is 25.9. The highest BCUT2D eigenvalue weighted by atomic mass is 35.5. The molecule has 268 valence electrons. The quantitative estimate of drug-likeness (QED) is 0.201. The number of anilines is 2. The van der Waals surface area contributed by atoms with Gasteiger partial charge in [0, 0.05) is 60.2 Å². The first-order chi connectivity index (χ1) is 22.6. The molecule has 0 radical (unpaired) electrons. The minimum atomic E-state index is -5.19. The number of carboxylic acid groups (broad SMARTS) is 2. The summed E-state index contributed by atoms with van der Waals surface area (Å²) in [6.45, 7) is 3.91. The van der Waals surface area contributed by atoms with E-state index in [1.807, 2.05) is 12.1 Å². The van der Waals surface area contributed by atoms with Crippen LogP contribution in [0.2, 0.25) is 10.0 Å². The molecular weight excluding hydrogens is 705 g/mol. The average Bonchev–Trinajstić information content (AvgIpc) is 3.00. The second-order valence-corrected chi connectivity index (χ2v) is 11.6. The lowest BCUT2D eigenvalue weighted by Gasteiger charge is -2.12. The number of carbonyl (C=O) groups is 2. The summed E-state index contributed by atoms with van der Waals surface area (Å²) >= 11 is 12.7. The lowest BCUT2D eigenvalue weighted by molar-refractivity contribution is -0.675. The highest BCUT2D eigenvalue weighted by Gasteiger charge is 2.29. The van der Waals surface area contributed by atoms with Gasteiger partial charge in [-0.25, -0.2) is 0 Å². The van der Waals surface area contributed by atoms with E-state index in [-0.39, 0.29) is 5.48 Å². The van der Waals surface area contributed by atoms with Crippen LogP contribution < -0.4 is 30.0 Å². The Hall–Kier alpha value is -4.08. The van der Waals surface area contributed by atoms with Gasteiger partial charge in [-0.1, -0.05) is 23.2 Å². The highest BCUT2D eigenvalue weighted by Crippen LogP contribution is 2.26. The molecule has 2 aromatic heterocycles. The van der Waals surface area contributed by atoms with Crippen molar-refractivity contribution in [2.75, 3.05) is 23.7 Å². The molecule has 4 N–H and O–H groups in total. The summed E-state index contributed by atoms with van der Waals surface area (Å²) < 4.78 is 67.8. The number of aliphatic carboxylic acids is 2. The van der Waals surface area contributed by atoms with Crippen molar-refractivity contribution in [2.24, 2.45) is 0 Å². The molecule has 0 aliphatic carbocycles. The van der Waals surface area contributed by atoms with Crippen LogP contribution in [0.3, 0.4) is 0 Å². The van der Waals surface area contributed by atoms with Gasteiger partial charge in [-0.3, -0.25) is 0 Å².